The molecule has 3 aromatic rings. The molecule has 126 valence electrons. The molecule has 0 aliphatic carbocycles. The number of H-pyrrole nitrogens is 1. The Morgan fingerprint density at radius 1 is 1.28 bits per heavy atom. The number of aromatic amines is 1. The molecule has 2 aromatic heterocycles. The van der Waals surface area contributed by atoms with E-state index in [4.69, 9.17) is 0 Å². The first-order valence-electron chi connectivity index (χ1n) is 8.29. The van der Waals surface area contributed by atoms with E-state index in [0.29, 0.717) is 6.54 Å². The van der Waals surface area contributed by atoms with E-state index >= 15 is 0 Å². The normalized spacial score (nSPS) is 16.4. The standard InChI is InChI=1S/C19H19N5O/c1-13-3-2-4-15(11-13)23-19(25)24-10-7-16-17(22-12-21-16)18(24)14-5-8-20-9-6-14/h2-6,8-9,11-12,18H,7,10H2,1H3,(H,21,22)(H,23,25)/t18-/m0/s1. The van der Waals surface area contributed by atoms with Crippen LogP contribution in [-0.4, -0.2) is 32.4 Å². The van der Waals surface area contributed by atoms with Crippen molar-refractivity contribution in [2.24, 2.45) is 0 Å². The van der Waals surface area contributed by atoms with Crippen LogP contribution in [0, 0.1) is 6.92 Å². The van der Waals surface area contributed by atoms with Gasteiger partial charge in [0.15, 0.2) is 0 Å². The highest BCUT2D eigenvalue weighted by atomic mass is 16.2. The first-order valence-corrected chi connectivity index (χ1v) is 8.29. The summed E-state index contributed by atoms with van der Waals surface area (Å²) in [4.78, 5) is 26.5. The van der Waals surface area contributed by atoms with E-state index in [1.54, 1.807) is 18.7 Å². The number of benzene rings is 1. The van der Waals surface area contributed by atoms with Crippen LogP contribution in [0.3, 0.4) is 0 Å². The van der Waals surface area contributed by atoms with Crippen LogP contribution in [0.5, 0.6) is 0 Å². The van der Waals surface area contributed by atoms with Crippen LogP contribution in [0.2, 0.25) is 0 Å². The number of nitrogens with one attached hydrogen (secondary N) is 2. The van der Waals surface area contributed by atoms with Crippen LogP contribution in [0.4, 0.5) is 10.5 Å². The molecule has 6 heteroatoms. The lowest BCUT2D eigenvalue weighted by Gasteiger charge is -2.35. The molecule has 0 saturated carbocycles. The average molecular weight is 333 g/mol. The van der Waals surface area contributed by atoms with Crippen molar-refractivity contribution in [3.8, 4) is 0 Å². The van der Waals surface area contributed by atoms with Gasteiger partial charge in [-0.2, -0.15) is 0 Å². The maximum Gasteiger partial charge on any atom is 0.322 e. The number of urea groups is 1. The fourth-order valence-corrected chi connectivity index (χ4v) is 3.30. The molecule has 0 fully saturated rings. The fourth-order valence-electron chi connectivity index (χ4n) is 3.30. The minimum absolute atomic E-state index is 0.124. The Hall–Kier alpha value is -3.15. The number of pyridine rings is 1. The Morgan fingerprint density at radius 2 is 2.12 bits per heavy atom. The molecule has 25 heavy (non-hydrogen) atoms. The number of amides is 2. The van der Waals surface area contributed by atoms with E-state index < -0.39 is 0 Å². The lowest BCUT2D eigenvalue weighted by molar-refractivity contribution is 0.192. The minimum atomic E-state index is -0.220. The molecule has 0 saturated heterocycles. The van der Waals surface area contributed by atoms with Gasteiger partial charge in [0, 0.05) is 36.7 Å². The summed E-state index contributed by atoms with van der Waals surface area (Å²) in [6.07, 6.45) is 5.94. The molecule has 1 aromatic carbocycles. The van der Waals surface area contributed by atoms with Gasteiger partial charge in [0.1, 0.15) is 6.04 Å². The maximum absolute atomic E-state index is 13.0. The highest BCUT2D eigenvalue weighted by Crippen LogP contribution is 2.33. The lowest BCUT2D eigenvalue weighted by Crippen LogP contribution is -2.43. The third-order valence-electron chi connectivity index (χ3n) is 4.48. The molecule has 3 heterocycles. The predicted molar refractivity (Wildman–Crippen MR) is 95.3 cm³/mol. The van der Waals surface area contributed by atoms with Crippen molar-refractivity contribution in [1.82, 2.24) is 19.9 Å². The summed E-state index contributed by atoms with van der Waals surface area (Å²) in [5.41, 5.74) is 4.89. The molecule has 0 unspecified atom stereocenters. The van der Waals surface area contributed by atoms with Crippen LogP contribution < -0.4 is 5.32 Å². The number of rotatable bonds is 2. The number of hydrogen-bond donors (Lipinski definition) is 2. The minimum Gasteiger partial charge on any atom is -0.348 e. The summed E-state index contributed by atoms with van der Waals surface area (Å²) in [5.74, 6) is 0. The molecular formula is C19H19N5O. The summed E-state index contributed by atoms with van der Waals surface area (Å²) >= 11 is 0. The van der Waals surface area contributed by atoms with E-state index in [0.717, 1.165) is 34.6 Å². The van der Waals surface area contributed by atoms with Gasteiger partial charge < -0.3 is 15.2 Å². The molecule has 0 radical (unpaired) electrons. The number of fused-ring (bicyclic) bond motifs is 1. The maximum atomic E-state index is 13.0. The van der Waals surface area contributed by atoms with Crippen molar-refractivity contribution in [3.63, 3.8) is 0 Å². The van der Waals surface area contributed by atoms with Crippen molar-refractivity contribution in [3.05, 3.63) is 77.6 Å². The van der Waals surface area contributed by atoms with Crippen molar-refractivity contribution in [1.29, 1.82) is 0 Å². The highest BCUT2D eigenvalue weighted by Gasteiger charge is 2.34. The van der Waals surface area contributed by atoms with Crippen LogP contribution in [-0.2, 0) is 6.42 Å². The second kappa shape index (κ2) is 6.39. The van der Waals surface area contributed by atoms with E-state index in [1.807, 2.05) is 48.2 Å². The molecule has 1 aliphatic rings. The highest BCUT2D eigenvalue weighted by molar-refractivity contribution is 5.90. The topological polar surface area (TPSA) is 73.9 Å². The second-order valence-corrected chi connectivity index (χ2v) is 6.19. The van der Waals surface area contributed by atoms with E-state index in [-0.39, 0.29) is 12.1 Å². The zero-order valence-electron chi connectivity index (χ0n) is 13.9. The Labute approximate surface area is 145 Å². The first-order chi connectivity index (χ1) is 12.2. The predicted octanol–water partition coefficient (Wildman–Crippen LogP) is 3.29. The zero-order chi connectivity index (χ0) is 17.2. The van der Waals surface area contributed by atoms with Gasteiger partial charge in [-0.1, -0.05) is 12.1 Å². The number of imidazole rings is 1. The van der Waals surface area contributed by atoms with E-state index in [1.165, 1.54) is 0 Å². The molecule has 0 spiro atoms. The average Bonchev–Trinajstić information content (AvgIpc) is 3.10. The molecule has 6 nitrogen and oxygen atoms in total. The Morgan fingerprint density at radius 3 is 2.92 bits per heavy atom. The summed E-state index contributed by atoms with van der Waals surface area (Å²) in [6.45, 7) is 2.63. The number of carbonyl (C=O) groups excluding carboxylic acids is 1. The molecular weight excluding hydrogens is 314 g/mol. The van der Waals surface area contributed by atoms with Gasteiger partial charge in [-0.25, -0.2) is 9.78 Å². The molecule has 0 bridgehead atoms. The molecule has 1 atom stereocenters. The van der Waals surface area contributed by atoms with Gasteiger partial charge in [-0.05, 0) is 42.3 Å². The summed E-state index contributed by atoms with van der Waals surface area (Å²) < 4.78 is 0. The fraction of sp³-hybridized carbons (Fsp3) is 0.211. The SMILES string of the molecule is Cc1cccc(NC(=O)N2CCc3[nH]cnc3[C@@H]2c2ccncc2)c1. The number of anilines is 1. The van der Waals surface area contributed by atoms with Gasteiger partial charge in [-0.3, -0.25) is 4.98 Å². The zero-order valence-corrected chi connectivity index (χ0v) is 13.9. The quantitative estimate of drug-likeness (QED) is 0.756. The van der Waals surface area contributed by atoms with Crippen LogP contribution in [0.25, 0.3) is 0 Å². The first kappa shape index (κ1) is 15.4. The van der Waals surface area contributed by atoms with Gasteiger partial charge in [0.2, 0.25) is 0 Å². The number of nitrogens with zero attached hydrogens (tertiary/aromatic N) is 3. The van der Waals surface area contributed by atoms with Gasteiger partial charge >= 0.3 is 6.03 Å². The van der Waals surface area contributed by atoms with Crippen LogP contribution in [0.15, 0.2) is 55.1 Å². The number of hydrogen-bond acceptors (Lipinski definition) is 3. The Balaban J connectivity index is 1.66. The largest absolute Gasteiger partial charge is 0.348 e. The molecule has 1 aliphatic heterocycles. The van der Waals surface area contributed by atoms with E-state index in [9.17, 15) is 4.79 Å². The summed E-state index contributed by atoms with van der Waals surface area (Å²) in [7, 11) is 0. The number of aromatic nitrogens is 3. The van der Waals surface area contributed by atoms with Crippen LogP contribution in [0.1, 0.15) is 28.6 Å². The Bertz CT molecular complexity index is 890. The van der Waals surface area contributed by atoms with Crippen molar-refractivity contribution < 1.29 is 4.79 Å². The number of aryl methyl sites for hydroxylation is 1. The number of carbonyl (C=O) groups is 1. The third-order valence-corrected chi connectivity index (χ3v) is 4.48. The lowest BCUT2D eigenvalue weighted by atomic mass is 9.97. The van der Waals surface area contributed by atoms with E-state index in [2.05, 4.69) is 20.3 Å². The molecule has 4 rings (SSSR count). The summed E-state index contributed by atoms with van der Waals surface area (Å²) in [6, 6.07) is 11.3. The van der Waals surface area contributed by atoms with Gasteiger partial charge in [-0.15, -0.1) is 0 Å². The van der Waals surface area contributed by atoms with Gasteiger partial charge in [0.25, 0.3) is 0 Å². The molecule has 2 amide bonds. The van der Waals surface area contributed by atoms with Crippen molar-refractivity contribution in [2.75, 3.05) is 11.9 Å². The molecule has 2 N–H and O–H groups in total. The monoisotopic (exact) mass is 333 g/mol. The summed E-state index contributed by atoms with van der Waals surface area (Å²) in [5, 5.41) is 3.01. The van der Waals surface area contributed by atoms with Crippen LogP contribution >= 0.6 is 0 Å². The van der Waals surface area contributed by atoms with Crippen molar-refractivity contribution in [2.45, 2.75) is 19.4 Å². The smallest absolute Gasteiger partial charge is 0.322 e. The second-order valence-electron chi connectivity index (χ2n) is 6.19. The third kappa shape index (κ3) is 2.98. The van der Waals surface area contributed by atoms with Crippen molar-refractivity contribution >= 4 is 11.7 Å². The Kier molecular flexibility index (Phi) is 3.93. The van der Waals surface area contributed by atoms with Gasteiger partial charge in [0.05, 0.1) is 12.0 Å².